The highest BCUT2D eigenvalue weighted by Gasteiger charge is 2.34. The minimum atomic E-state index is -0.628. The summed E-state index contributed by atoms with van der Waals surface area (Å²) in [5, 5.41) is 0. The Morgan fingerprint density at radius 2 is 2.00 bits per heavy atom. The van der Waals surface area contributed by atoms with Gasteiger partial charge in [-0.15, -0.1) is 0 Å². The Bertz CT molecular complexity index is 193. The van der Waals surface area contributed by atoms with E-state index in [4.69, 9.17) is 9.47 Å². The summed E-state index contributed by atoms with van der Waals surface area (Å²) in [6, 6.07) is 0. The molecular weight excluding hydrogens is 180 g/mol. The van der Waals surface area contributed by atoms with Gasteiger partial charge in [0.05, 0.1) is 0 Å². The fourth-order valence-corrected chi connectivity index (χ4v) is 1.88. The number of hydrogen-bond donors (Lipinski definition) is 0. The van der Waals surface area contributed by atoms with E-state index in [1.54, 1.807) is 0 Å². The Balaban J connectivity index is 2.53. The van der Waals surface area contributed by atoms with Gasteiger partial charge in [-0.05, 0) is 33.6 Å². The molecule has 3 nitrogen and oxygen atoms in total. The van der Waals surface area contributed by atoms with Gasteiger partial charge in [0.2, 0.25) is 0 Å². The van der Waals surface area contributed by atoms with Gasteiger partial charge in [0.25, 0.3) is 0 Å². The fourth-order valence-electron chi connectivity index (χ4n) is 1.88. The fraction of sp³-hybridized carbons (Fsp3) is 0.909. The van der Waals surface area contributed by atoms with E-state index < -0.39 is 5.60 Å². The van der Waals surface area contributed by atoms with Crippen LogP contribution in [-0.4, -0.2) is 31.2 Å². The molecule has 1 heterocycles. The number of ketones is 1. The summed E-state index contributed by atoms with van der Waals surface area (Å²) in [6.07, 6.45) is 1.69. The van der Waals surface area contributed by atoms with Crippen molar-refractivity contribution >= 4 is 5.78 Å². The summed E-state index contributed by atoms with van der Waals surface area (Å²) in [6.45, 7) is 7.63. The van der Waals surface area contributed by atoms with Gasteiger partial charge in [-0.25, -0.2) is 0 Å². The van der Waals surface area contributed by atoms with Gasteiger partial charge in [0, 0.05) is 25.7 Å². The molecule has 1 rings (SSSR count). The number of rotatable bonds is 4. The minimum absolute atomic E-state index is 0.130. The summed E-state index contributed by atoms with van der Waals surface area (Å²) in [7, 11) is 0. The van der Waals surface area contributed by atoms with Crippen LogP contribution in [-0.2, 0) is 14.3 Å². The molecule has 1 aliphatic rings. The van der Waals surface area contributed by atoms with Crippen LogP contribution in [0.2, 0.25) is 0 Å². The molecule has 14 heavy (non-hydrogen) atoms. The molecule has 0 aliphatic carbocycles. The zero-order chi connectivity index (χ0) is 10.6. The van der Waals surface area contributed by atoms with Crippen molar-refractivity contribution in [2.45, 2.75) is 39.2 Å². The van der Waals surface area contributed by atoms with Gasteiger partial charge in [-0.1, -0.05) is 0 Å². The first kappa shape index (κ1) is 11.7. The third-order valence-electron chi connectivity index (χ3n) is 2.69. The van der Waals surface area contributed by atoms with Crippen molar-refractivity contribution in [1.82, 2.24) is 0 Å². The molecule has 0 saturated carbocycles. The molecule has 82 valence electrons. The largest absolute Gasteiger partial charge is 0.381 e. The van der Waals surface area contributed by atoms with Crippen LogP contribution in [0.5, 0.6) is 0 Å². The van der Waals surface area contributed by atoms with Crippen molar-refractivity contribution in [1.29, 1.82) is 0 Å². The van der Waals surface area contributed by atoms with Gasteiger partial charge >= 0.3 is 0 Å². The molecule has 1 saturated heterocycles. The Kier molecular flexibility index (Phi) is 4.08. The summed E-state index contributed by atoms with van der Waals surface area (Å²) in [4.78, 5) is 12.0. The lowest BCUT2D eigenvalue weighted by Gasteiger charge is -2.30. The monoisotopic (exact) mass is 200 g/mol. The third kappa shape index (κ3) is 2.79. The zero-order valence-electron chi connectivity index (χ0n) is 9.34. The Morgan fingerprint density at radius 3 is 2.50 bits per heavy atom. The summed E-state index contributed by atoms with van der Waals surface area (Å²) in [5.74, 6) is 0.355. The van der Waals surface area contributed by atoms with E-state index in [0.717, 1.165) is 12.8 Å². The van der Waals surface area contributed by atoms with E-state index in [1.165, 1.54) is 0 Å². The van der Waals surface area contributed by atoms with Crippen LogP contribution in [0.15, 0.2) is 0 Å². The van der Waals surface area contributed by atoms with Crippen molar-refractivity contribution in [3.8, 4) is 0 Å². The molecule has 0 unspecified atom stereocenters. The molecule has 0 bridgehead atoms. The normalized spacial score (nSPS) is 19.6. The Morgan fingerprint density at radius 1 is 1.43 bits per heavy atom. The Hall–Kier alpha value is -0.410. The topological polar surface area (TPSA) is 35.5 Å². The van der Waals surface area contributed by atoms with Crippen molar-refractivity contribution < 1.29 is 14.3 Å². The maximum Gasteiger partial charge on any atom is 0.167 e. The number of ether oxygens (including phenoxy) is 2. The highest BCUT2D eigenvalue weighted by atomic mass is 16.5. The van der Waals surface area contributed by atoms with Crippen LogP contribution >= 0.6 is 0 Å². The van der Waals surface area contributed by atoms with E-state index in [0.29, 0.717) is 19.8 Å². The molecule has 0 aromatic rings. The molecule has 0 aromatic heterocycles. The average molecular weight is 200 g/mol. The van der Waals surface area contributed by atoms with E-state index in [9.17, 15) is 4.79 Å². The second-order valence-electron chi connectivity index (χ2n) is 4.19. The van der Waals surface area contributed by atoms with E-state index in [2.05, 4.69) is 0 Å². The first-order valence-electron chi connectivity index (χ1n) is 5.34. The number of carbonyl (C=O) groups excluding carboxylic acids is 1. The van der Waals surface area contributed by atoms with Crippen LogP contribution in [0, 0.1) is 5.92 Å². The molecule has 3 heteroatoms. The van der Waals surface area contributed by atoms with E-state index in [1.807, 2.05) is 20.8 Å². The van der Waals surface area contributed by atoms with Crippen LogP contribution in [0.4, 0.5) is 0 Å². The predicted molar refractivity (Wildman–Crippen MR) is 54.3 cm³/mol. The van der Waals surface area contributed by atoms with Crippen LogP contribution < -0.4 is 0 Å². The molecule has 0 spiro atoms. The van der Waals surface area contributed by atoms with Crippen molar-refractivity contribution in [2.24, 2.45) is 5.92 Å². The molecule has 1 aliphatic heterocycles. The van der Waals surface area contributed by atoms with Gasteiger partial charge in [0.15, 0.2) is 5.78 Å². The van der Waals surface area contributed by atoms with Crippen molar-refractivity contribution in [3.05, 3.63) is 0 Å². The van der Waals surface area contributed by atoms with Crippen LogP contribution in [0.3, 0.4) is 0 Å². The number of Topliss-reactive ketones (excluding diaryl/α,β-unsaturated/α-hetero) is 1. The molecule has 0 radical (unpaired) electrons. The Labute approximate surface area is 85.8 Å². The van der Waals surface area contributed by atoms with Gasteiger partial charge in [-0.3, -0.25) is 4.79 Å². The van der Waals surface area contributed by atoms with Crippen LogP contribution in [0.25, 0.3) is 0 Å². The summed E-state index contributed by atoms with van der Waals surface area (Å²) < 4.78 is 10.7. The first-order chi connectivity index (χ1) is 6.58. The second-order valence-corrected chi connectivity index (χ2v) is 4.19. The standard InChI is InChI=1S/C11H20O3/c1-4-14-11(2,3)10(12)9-5-7-13-8-6-9/h9H,4-8H2,1-3H3. The lowest BCUT2D eigenvalue weighted by molar-refractivity contribution is -0.147. The number of hydrogen-bond acceptors (Lipinski definition) is 3. The maximum absolute atomic E-state index is 12.0. The molecule has 0 amide bonds. The molecule has 0 atom stereocenters. The summed E-state index contributed by atoms with van der Waals surface area (Å²) in [5.41, 5.74) is -0.628. The molecule has 0 N–H and O–H groups in total. The SMILES string of the molecule is CCOC(C)(C)C(=O)C1CCOCC1. The highest BCUT2D eigenvalue weighted by molar-refractivity contribution is 5.88. The zero-order valence-corrected chi connectivity index (χ0v) is 9.34. The van der Waals surface area contributed by atoms with Crippen molar-refractivity contribution in [3.63, 3.8) is 0 Å². The lowest BCUT2D eigenvalue weighted by Crippen LogP contribution is -2.41. The smallest absolute Gasteiger partial charge is 0.167 e. The average Bonchev–Trinajstić information content (AvgIpc) is 2.18. The second kappa shape index (κ2) is 4.89. The summed E-state index contributed by atoms with van der Waals surface area (Å²) >= 11 is 0. The van der Waals surface area contributed by atoms with Crippen LogP contribution in [0.1, 0.15) is 33.6 Å². The quantitative estimate of drug-likeness (QED) is 0.694. The molecule has 1 fully saturated rings. The maximum atomic E-state index is 12.0. The van der Waals surface area contributed by atoms with Gasteiger partial charge in [0.1, 0.15) is 5.60 Å². The molecular formula is C11H20O3. The minimum Gasteiger partial charge on any atom is -0.381 e. The third-order valence-corrected chi connectivity index (χ3v) is 2.69. The predicted octanol–water partition coefficient (Wildman–Crippen LogP) is 1.80. The van der Waals surface area contributed by atoms with Gasteiger partial charge < -0.3 is 9.47 Å². The lowest BCUT2D eigenvalue weighted by atomic mass is 9.86. The first-order valence-corrected chi connectivity index (χ1v) is 5.34. The van der Waals surface area contributed by atoms with E-state index >= 15 is 0 Å². The molecule has 0 aromatic carbocycles. The van der Waals surface area contributed by atoms with Crippen molar-refractivity contribution in [2.75, 3.05) is 19.8 Å². The van der Waals surface area contributed by atoms with E-state index in [-0.39, 0.29) is 11.7 Å². The number of carbonyl (C=O) groups is 1. The van der Waals surface area contributed by atoms with Gasteiger partial charge in [-0.2, -0.15) is 0 Å². The highest BCUT2D eigenvalue weighted by Crippen LogP contribution is 2.23.